The smallest absolute Gasteiger partial charge is 0.0313 e. The fourth-order valence-electron chi connectivity index (χ4n) is 0.844. The van der Waals surface area contributed by atoms with Gasteiger partial charge in [-0.1, -0.05) is 31.9 Å². The Labute approximate surface area is 75.5 Å². The summed E-state index contributed by atoms with van der Waals surface area (Å²) < 4.78 is 0. The molecule has 2 heteroatoms. The van der Waals surface area contributed by atoms with Crippen LogP contribution in [0.3, 0.4) is 0 Å². The largest absolute Gasteiger partial charge is 0.324 e. The van der Waals surface area contributed by atoms with E-state index < -0.39 is 0 Å². The second kappa shape index (κ2) is 8.15. The molecular weight excluding hydrogens is 154 g/mol. The molecule has 0 rings (SSSR count). The third-order valence-electron chi connectivity index (χ3n) is 1.57. The van der Waals surface area contributed by atoms with E-state index in [0.29, 0.717) is 0 Å². The summed E-state index contributed by atoms with van der Waals surface area (Å²) in [6.07, 6.45) is 9.26. The minimum absolute atomic E-state index is 0.139. The van der Waals surface area contributed by atoms with Gasteiger partial charge in [-0.15, -0.1) is 0 Å². The van der Waals surface area contributed by atoms with E-state index in [0.717, 1.165) is 12.2 Å². The van der Waals surface area contributed by atoms with Gasteiger partial charge in [0.05, 0.1) is 0 Å². The van der Waals surface area contributed by atoms with E-state index in [1.165, 1.54) is 19.3 Å². The normalized spacial score (nSPS) is 14.1. The zero-order chi connectivity index (χ0) is 8.53. The molecule has 0 amide bonds. The zero-order valence-electron chi connectivity index (χ0n) is 7.29. The van der Waals surface area contributed by atoms with Gasteiger partial charge in [-0.25, -0.2) is 0 Å². The van der Waals surface area contributed by atoms with Crippen LogP contribution in [-0.4, -0.2) is 11.8 Å². The van der Waals surface area contributed by atoms with Crippen LogP contribution in [0.1, 0.15) is 32.6 Å². The number of thiol groups is 1. The van der Waals surface area contributed by atoms with Crippen LogP contribution in [0.2, 0.25) is 0 Å². The van der Waals surface area contributed by atoms with Crippen LogP contribution in [0.15, 0.2) is 12.2 Å². The molecular formula is C9H19NS. The first-order valence-corrected chi connectivity index (χ1v) is 4.97. The molecule has 0 saturated carbocycles. The van der Waals surface area contributed by atoms with E-state index >= 15 is 0 Å². The lowest BCUT2D eigenvalue weighted by molar-refractivity contribution is 0.727. The molecule has 0 aliphatic heterocycles. The lowest BCUT2D eigenvalue weighted by Gasteiger charge is -1.98. The maximum absolute atomic E-state index is 5.62. The zero-order valence-corrected chi connectivity index (χ0v) is 8.19. The summed E-state index contributed by atoms with van der Waals surface area (Å²) in [6.45, 7) is 2.21. The van der Waals surface area contributed by atoms with Crippen molar-refractivity contribution in [3.05, 3.63) is 12.2 Å². The van der Waals surface area contributed by atoms with Gasteiger partial charge in [-0.2, -0.15) is 12.6 Å². The Morgan fingerprint density at radius 3 is 2.73 bits per heavy atom. The summed E-state index contributed by atoms with van der Waals surface area (Å²) >= 11 is 4.08. The van der Waals surface area contributed by atoms with Crippen molar-refractivity contribution in [1.82, 2.24) is 0 Å². The van der Waals surface area contributed by atoms with E-state index in [1.807, 2.05) is 6.08 Å². The molecule has 0 saturated heterocycles. The predicted octanol–water partition coefficient (Wildman–Crippen LogP) is 2.38. The molecule has 1 nitrogen and oxygen atoms in total. The standard InChI is InChI=1S/C9H19NS/c1-2-3-4-5-6-7-9(10)8-11/h6-7,9,11H,2-5,8,10H2,1H3/b7-6-/t9-/m1/s1. The van der Waals surface area contributed by atoms with Crippen molar-refractivity contribution in [2.75, 3.05) is 5.75 Å². The molecule has 0 radical (unpaired) electrons. The molecule has 0 spiro atoms. The molecule has 0 aliphatic carbocycles. The van der Waals surface area contributed by atoms with Crippen LogP contribution >= 0.6 is 12.6 Å². The van der Waals surface area contributed by atoms with Crippen molar-refractivity contribution in [1.29, 1.82) is 0 Å². The second-order valence-corrected chi connectivity index (χ2v) is 3.14. The van der Waals surface area contributed by atoms with Gasteiger partial charge in [0.2, 0.25) is 0 Å². The second-order valence-electron chi connectivity index (χ2n) is 2.77. The van der Waals surface area contributed by atoms with Gasteiger partial charge >= 0.3 is 0 Å². The molecule has 1 atom stereocenters. The lowest BCUT2D eigenvalue weighted by atomic mass is 10.2. The lowest BCUT2D eigenvalue weighted by Crippen LogP contribution is -2.17. The Bertz CT molecular complexity index is 102. The van der Waals surface area contributed by atoms with Crippen molar-refractivity contribution in [3.63, 3.8) is 0 Å². The van der Waals surface area contributed by atoms with Crippen LogP contribution in [0.25, 0.3) is 0 Å². The molecule has 2 N–H and O–H groups in total. The number of rotatable bonds is 6. The summed E-state index contributed by atoms with van der Waals surface area (Å²) in [5.41, 5.74) is 5.62. The molecule has 0 aromatic rings. The quantitative estimate of drug-likeness (QED) is 0.360. The highest BCUT2D eigenvalue weighted by Crippen LogP contribution is 2.00. The van der Waals surface area contributed by atoms with Gasteiger partial charge in [0, 0.05) is 11.8 Å². The molecule has 0 bridgehead atoms. The average Bonchev–Trinajstić information content (AvgIpc) is 2.04. The van der Waals surface area contributed by atoms with Gasteiger partial charge < -0.3 is 5.73 Å². The fraction of sp³-hybridized carbons (Fsp3) is 0.778. The Kier molecular flexibility index (Phi) is 8.19. The number of unbranched alkanes of at least 4 members (excludes halogenated alkanes) is 3. The van der Waals surface area contributed by atoms with Crippen LogP contribution in [0.4, 0.5) is 0 Å². The summed E-state index contributed by atoms with van der Waals surface area (Å²) in [7, 11) is 0. The van der Waals surface area contributed by atoms with E-state index in [2.05, 4.69) is 25.6 Å². The Balaban J connectivity index is 3.15. The number of hydrogen-bond acceptors (Lipinski definition) is 2. The van der Waals surface area contributed by atoms with Gasteiger partial charge in [-0.3, -0.25) is 0 Å². The molecule has 0 heterocycles. The number of allylic oxidation sites excluding steroid dienone is 1. The number of nitrogens with two attached hydrogens (primary N) is 1. The first-order chi connectivity index (χ1) is 5.31. The average molecular weight is 173 g/mol. The van der Waals surface area contributed by atoms with Crippen LogP contribution < -0.4 is 5.73 Å². The molecule has 66 valence electrons. The molecule has 11 heavy (non-hydrogen) atoms. The molecule has 0 aromatic carbocycles. The van der Waals surface area contributed by atoms with Crippen molar-refractivity contribution >= 4 is 12.6 Å². The van der Waals surface area contributed by atoms with E-state index in [9.17, 15) is 0 Å². The maximum Gasteiger partial charge on any atom is 0.0313 e. The van der Waals surface area contributed by atoms with E-state index in [1.54, 1.807) is 0 Å². The monoisotopic (exact) mass is 173 g/mol. The topological polar surface area (TPSA) is 26.0 Å². The van der Waals surface area contributed by atoms with Gasteiger partial charge in [-0.05, 0) is 12.8 Å². The fourth-order valence-corrected chi connectivity index (χ4v) is 0.966. The van der Waals surface area contributed by atoms with Crippen LogP contribution in [0.5, 0.6) is 0 Å². The van der Waals surface area contributed by atoms with Crippen molar-refractivity contribution in [3.8, 4) is 0 Å². The van der Waals surface area contributed by atoms with Crippen molar-refractivity contribution < 1.29 is 0 Å². The highest BCUT2D eigenvalue weighted by Gasteiger charge is 1.89. The minimum Gasteiger partial charge on any atom is -0.324 e. The van der Waals surface area contributed by atoms with Crippen molar-refractivity contribution in [2.24, 2.45) is 5.73 Å². The first-order valence-electron chi connectivity index (χ1n) is 4.34. The van der Waals surface area contributed by atoms with Gasteiger partial charge in [0.15, 0.2) is 0 Å². The van der Waals surface area contributed by atoms with Crippen LogP contribution in [-0.2, 0) is 0 Å². The van der Waals surface area contributed by atoms with E-state index in [-0.39, 0.29) is 6.04 Å². The molecule has 0 unspecified atom stereocenters. The Hall–Kier alpha value is 0.0500. The summed E-state index contributed by atoms with van der Waals surface area (Å²) in [4.78, 5) is 0. The first kappa shape index (κ1) is 11.1. The minimum atomic E-state index is 0.139. The maximum atomic E-state index is 5.62. The van der Waals surface area contributed by atoms with E-state index in [4.69, 9.17) is 5.73 Å². The van der Waals surface area contributed by atoms with Crippen LogP contribution in [0, 0.1) is 0 Å². The van der Waals surface area contributed by atoms with Gasteiger partial charge in [0.25, 0.3) is 0 Å². The highest BCUT2D eigenvalue weighted by atomic mass is 32.1. The summed E-state index contributed by atoms with van der Waals surface area (Å²) in [5, 5.41) is 0. The molecule has 0 aliphatic rings. The Morgan fingerprint density at radius 1 is 1.45 bits per heavy atom. The number of hydrogen-bond donors (Lipinski definition) is 2. The van der Waals surface area contributed by atoms with Crippen molar-refractivity contribution in [2.45, 2.75) is 38.6 Å². The molecule has 0 aromatic heterocycles. The third kappa shape index (κ3) is 7.95. The highest BCUT2D eigenvalue weighted by molar-refractivity contribution is 7.80. The predicted molar refractivity (Wildman–Crippen MR) is 55.1 cm³/mol. The summed E-state index contributed by atoms with van der Waals surface area (Å²) in [6, 6.07) is 0.139. The summed E-state index contributed by atoms with van der Waals surface area (Å²) in [5.74, 6) is 0.740. The Morgan fingerprint density at radius 2 is 2.18 bits per heavy atom. The van der Waals surface area contributed by atoms with Gasteiger partial charge in [0.1, 0.15) is 0 Å². The third-order valence-corrected chi connectivity index (χ3v) is 1.99. The SMILES string of the molecule is CCCCC/C=C\[C@@H](N)CS. The molecule has 0 fully saturated rings.